The van der Waals surface area contributed by atoms with Gasteiger partial charge in [-0.15, -0.1) is 0 Å². The molecule has 0 bridgehead atoms. The topological polar surface area (TPSA) is 39.7 Å². The van der Waals surface area contributed by atoms with Crippen molar-refractivity contribution >= 4 is 13.2 Å². The molecule has 1 heterocycles. The summed E-state index contributed by atoms with van der Waals surface area (Å²) >= 11 is 0. The van der Waals surface area contributed by atoms with Gasteiger partial charge in [-0.2, -0.15) is 0 Å². The lowest BCUT2D eigenvalue weighted by molar-refractivity contribution is 0.00578. The number of benzene rings is 1. The van der Waals surface area contributed by atoms with E-state index in [0.717, 1.165) is 11.2 Å². The lowest BCUT2D eigenvalue weighted by Crippen LogP contribution is -2.41. The highest BCUT2D eigenvalue weighted by Gasteiger charge is 2.52. The second-order valence-corrected chi connectivity index (χ2v) is 7.51. The van der Waals surface area contributed by atoms with E-state index in [4.69, 9.17) is 14.0 Å². The van der Waals surface area contributed by atoms with Crippen molar-refractivity contribution in [3.63, 3.8) is 0 Å². The molecule has 1 aliphatic heterocycles. The number of hydrogen-bond donors (Lipinski definition) is 1. The highest BCUT2D eigenvalue weighted by molar-refractivity contribution is 6.56. The molecule has 1 aromatic rings. The van der Waals surface area contributed by atoms with Crippen molar-refractivity contribution in [3.8, 4) is 5.75 Å². The summed E-state index contributed by atoms with van der Waals surface area (Å²) in [6.07, 6.45) is 2.18. The Morgan fingerprint density at radius 2 is 1.62 bits per heavy atom. The highest BCUT2D eigenvalue weighted by Crippen LogP contribution is 2.39. The Kier molecular flexibility index (Phi) is 5.48. The first-order valence-corrected chi connectivity index (χ1v) is 8.47. The smallest absolute Gasteiger partial charge is 0.491 e. The van der Waals surface area contributed by atoms with Crippen molar-refractivity contribution in [1.29, 1.82) is 0 Å². The lowest BCUT2D eigenvalue weighted by Gasteiger charge is -2.32. The molecule has 132 valence electrons. The highest BCUT2D eigenvalue weighted by atomic mass is 16.7. The van der Waals surface area contributed by atoms with Crippen LogP contribution in [0, 0.1) is 13.8 Å². The van der Waals surface area contributed by atoms with E-state index in [2.05, 4.69) is 65.1 Å². The normalized spacial score (nSPS) is 19.7. The van der Waals surface area contributed by atoms with Crippen molar-refractivity contribution < 1.29 is 14.0 Å². The second kappa shape index (κ2) is 6.91. The molecule has 1 aliphatic rings. The molecule has 0 amide bonds. The van der Waals surface area contributed by atoms with E-state index in [1.807, 2.05) is 7.05 Å². The van der Waals surface area contributed by atoms with Crippen molar-refractivity contribution in [2.24, 2.45) is 0 Å². The van der Waals surface area contributed by atoms with Crippen molar-refractivity contribution in [2.75, 3.05) is 20.7 Å². The first kappa shape index (κ1) is 19.0. The number of methoxy groups -OCH3 is 1. The zero-order valence-corrected chi connectivity index (χ0v) is 16.2. The van der Waals surface area contributed by atoms with E-state index >= 15 is 0 Å². The second-order valence-electron chi connectivity index (χ2n) is 7.51. The fourth-order valence-corrected chi connectivity index (χ4v) is 2.87. The van der Waals surface area contributed by atoms with Gasteiger partial charge in [0.2, 0.25) is 0 Å². The van der Waals surface area contributed by atoms with Gasteiger partial charge < -0.3 is 19.4 Å². The fourth-order valence-electron chi connectivity index (χ4n) is 2.87. The van der Waals surface area contributed by atoms with E-state index in [1.54, 1.807) is 7.11 Å². The molecule has 0 atom stereocenters. The molecule has 1 fully saturated rings. The molecule has 1 saturated heterocycles. The minimum atomic E-state index is -0.344. The number of rotatable bonds is 5. The van der Waals surface area contributed by atoms with Crippen molar-refractivity contribution in [2.45, 2.75) is 52.7 Å². The molecule has 5 heteroatoms. The largest absolute Gasteiger partial charge is 0.497 e. The zero-order chi connectivity index (χ0) is 18.1. The summed E-state index contributed by atoms with van der Waals surface area (Å²) in [5, 5.41) is 3.23. The van der Waals surface area contributed by atoms with Gasteiger partial charge in [0.1, 0.15) is 5.75 Å². The van der Waals surface area contributed by atoms with Crippen LogP contribution < -0.4 is 10.1 Å². The molecule has 2 rings (SSSR count). The third kappa shape index (κ3) is 3.69. The van der Waals surface area contributed by atoms with Crippen molar-refractivity contribution in [1.82, 2.24) is 5.32 Å². The molecule has 0 unspecified atom stereocenters. The average molecular weight is 331 g/mol. The zero-order valence-electron chi connectivity index (χ0n) is 16.2. The van der Waals surface area contributed by atoms with Gasteiger partial charge in [-0.3, -0.25) is 0 Å². The third-order valence-electron chi connectivity index (χ3n) is 5.07. The lowest BCUT2D eigenvalue weighted by atomic mass is 9.76. The van der Waals surface area contributed by atoms with Crippen LogP contribution in [0.2, 0.25) is 0 Å². The summed E-state index contributed by atoms with van der Waals surface area (Å²) < 4.78 is 17.8. The fraction of sp³-hybridized carbons (Fsp3) is 0.579. The Morgan fingerprint density at radius 1 is 1.12 bits per heavy atom. The number of hydrogen-bond acceptors (Lipinski definition) is 4. The molecular formula is C19H30BNO3. The Hall–Kier alpha value is -1.30. The summed E-state index contributed by atoms with van der Waals surface area (Å²) in [4.78, 5) is 0. The minimum Gasteiger partial charge on any atom is -0.497 e. The summed E-state index contributed by atoms with van der Waals surface area (Å²) in [6, 6.07) is 4.11. The molecule has 24 heavy (non-hydrogen) atoms. The predicted molar refractivity (Wildman–Crippen MR) is 100 cm³/mol. The van der Waals surface area contributed by atoms with Crippen LogP contribution >= 0.6 is 0 Å². The monoisotopic (exact) mass is 331 g/mol. The van der Waals surface area contributed by atoms with Crippen LogP contribution in [0.25, 0.3) is 6.08 Å². The van der Waals surface area contributed by atoms with Gasteiger partial charge in [-0.1, -0.05) is 6.08 Å². The molecule has 0 aromatic heterocycles. The van der Waals surface area contributed by atoms with E-state index < -0.39 is 0 Å². The number of aryl methyl sites for hydroxylation is 2. The quantitative estimate of drug-likeness (QED) is 0.838. The molecule has 4 nitrogen and oxygen atoms in total. The standard InChI is InChI=1S/C19H30BNO3/c1-13-9-16(22-8)10-14(2)17(13)11-15(12-21-7)20-23-18(3,4)19(5,6)24-20/h9-11,21H,12H2,1-8H3. The van der Waals surface area contributed by atoms with Crippen LogP contribution in [0.5, 0.6) is 5.75 Å². The Balaban J connectivity index is 2.41. The molecular weight excluding hydrogens is 301 g/mol. The van der Waals surface area contributed by atoms with Crippen molar-refractivity contribution in [3.05, 3.63) is 34.3 Å². The third-order valence-corrected chi connectivity index (χ3v) is 5.07. The number of nitrogens with one attached hydrogen (secondary N) is 1. The first-order valence-electron chi connectivity index (χ1n) is 8.47. The van der Waals surface area contributed by atoms with Crippen LogP contribution in [0.4, 0.5) is 0 Å². The maximum atomic E-state index is 6.22. The van der Waals surface area contributed by atoms with Gasteiger partial charge in [0.05, 0.1) is 18.3 Å². The maximum absolute atomic E-state index is 6.22. The van der Waals surface area contributed by atoms with Gasteiger partial charge >= 0.3 is 7.12 Å². The average Bonchev–Trinajstić information content (AvgIpc) is 2.69. The molecule has 1 aromatic carbocycles. The van der Waals surface area contributed by atoms with E-state index in [-0.39, 0.29) is 18.3 Å². The SMILES string of the molecule is CNCC(=Cc1c(C)cc(OC)cc1C)B1OC(C)(C)C(C)(C)O1. The molecule has 0 aliphatic carbocycles. The van der Waals surface area contributed by atoms with Crippen LogP contribution in [-0.4, -0.2) is 39.0 Å². The number of likely N-dealkylation sites (N-methyl/N-ethyl adjacent to an activating group) is 1. The van der Waals surface area contributed by atoms with Crippen LogP contribution in [-0.2, 0) is 9.31 Å². The summed E-state index contributed by atoms with van der Waals surface area (Å²) in [5.74, 6) is 0.882. The summed E-state index contributed by atoms with van der Waals surface area (Å²) in [7, 11) is 3.29. The predicted octanol–water partition coefficient (Wildman–Crippen LogP) is 3.55. The van der Waals surface area contributed by atoms with Gasteiger partial charge in [-0.25, -0.2) is 0 Å². The summed E-state index contributed by atoms with van der Waals surface area (Å²) in [5.41, 5.74) is 3.96. The minimum absolute atomic E-state index is 0.339. The first-order chi connectivity index (χ1) is 11.1. The molecule has 0 spiro atoms. The van der Waals surface area contributed by atoms with E-state index in [9.17, 15) is 0 Å². The summed E-state index contributed by atoms with van der Waals surface area (Å²) in [6.45, 7) is 13.2. The Labute approximate surface area is 146 Å². The Bertz CT molecular complexity index is 598. The van der Waals surface area contributed by atoms with Crippen LogP contribution in [0.1, 0.15) is 44.4 Å². The van der Waals surface area contributed by atoms with Gasteiger partial charge in [0.25, 0.3) is 0 Å². The van der Waals surface area contributed by atoms with E-state index in [0.29, 0.717) is 6.54 Å². The molecule has 1 N–H and O–H groups in total. The Morgan fingerprint density at radius 3 is 2.04 bits per heavy atom. The van der Waals surface area contributed by atoms with Crippen LogP contribution in [0.3, 0.4) is 0 Å². The molecule has 0 radical (unpaired) electrons. The molecule has 0 saturated carbocycles. The van der Waals surface area contributed by atoms with E-state index in [1.165, 1.54) is 16.7 Å². The van der Waals surface area contributed by atoms with Gasteiger partial charge in [-0.05, 0) is 82.9 Å². The van der Waals surface area contributed by atoms with Crippen LogP contribution in [0.15, 0.2) is 17.6 Å². The van der Waals surface area contributed by atoms with Gasteiger partial charge in [0.15, 0.2) is 0 Å². The maximum Gasteiger partial charge on any atom is 0.491 e. The van der Waals surface area contributed by atoms with Gasteiger partial charge in [0, 0.05) is 6.54 Å². The number of ether oxygens (including phenoxy) is 1.